The summed E-state index contributed by atoms with van der Waals surface area (Å²) in [6.07, 6.45) is 4.61. The molecule has 0 aromatic heterocycles. The number of benzene rings is 1. The number of ether oxygens (including phenoxy) is 1. The quantitative estimate of drug-likeness (QED) is 0.774. The molecule has 1 saturated heterocycles. The molecule has 0 saturated carbocycles. The first-order chi connectivity index (χ1) is 9.70. The molecule has 2 rings (SSSR count). The second kappa shape index (κ2) is 8.38. The molecule has 0 spiro atoms. The van der Waals surface area contributed by atoms with E-state index in [1.807, 2.05) is 6.07 Å². The number of hydrogen-bond donors (Lipinski definition) is 1. The Hall–Kier alpha value is -0.0900. The number of rotatable bonds is 6. The number of hydrogen-bond acceptors (Lipinski definition) is 2. The molecule has 1 aliphatic heterocycles. The van der Waals surface area contributed by atoms with E-state index in [1.54, 1.807) is 0 Å². The summed E-state index contributed by atoms with van der Waals surface area (Å²) >= 11 is 9.90. The Bertz CT molecular complexity index is 421. The lowest BCUT2D eigenvalue weighted by Crippen LogP contribution is -2.27. The van der Waals surface area contributed by atoms with Crippen molar-refractivity contribution < 1.29 is 4.74 Å². The van der Waals surface area contributed by atoms with Crippen LogP contribution in [0.5, 0.6) is 0 Å². The second-order valence-corrected chi connectivity index (χ2v) is 6.79. The first-order valence-electron chi connectivity index (χ1n) is 7.46. The van der Waals surface area contributed by atoms with Gasteiger partial charge in [-0.25, -0.2) is 0 Å². The number of halogens is 2. The van der Waals surface area contributed by atoms with Crippen LogP contribution >= 0.6 is 27.5 Å². The predicted octanol–water partition coefficient (Wildman–Crippen LogP) is 4.96. The van der Waals surface area contributed by atoms with Gasteiger partial charge in [0.05, 0.1) is 0 Å². The Morgan fingerprint density at radius 1 is 1.40 bits per heavy atom. The van der Waals surface area contributed by atoms with Crippen LogP contribution in [0.25, 0.3) is 0 Å². The van der Waals surface area contributed by atoms with Gasteiger partial charge in [0.15, 0.2) is 0 Å². The zero-order valence-corrected chi connectivity index (χ0v) is 14.3. The molecule has 0 radical (unpaired) electrons. The Kier molecular flexibility index (Phi) is 6.82. The minimum atomic E-state index is 0.346. The summed E-state index contributed by atoms with van der Waals surface area (Å²) < 4.78 is 6.49. The van der Waals surface area contributed by atoms with Crippen LogP contribution in [0.1, 0.15) is 44.2 Å². The normalized spacial score (nSPS) is 18.1. The molecule has 0 bridgehead atoms. The van der Waals surface area contributed by atoms with Crippen LogP contribution in [0, 0.1) is 5.92 Å². The fraction of sp³-hybridized carbons (Fsp3) is 0.625. The summed E-state index contributed by atoms with van der Waals surface area (Å²) in [5, 5.41) is 4.50. The maximum atomic E-state index is 6.43. The average Bonchev–Trinajstić information content (AvgIpc) is 2.45. The molecule has 1 atom stereocenters. The molecular weight excluding hydrogens is 338 g/mol. The van der Waals surface area contributed by atoms with Crippen LogP contribution in [0.2, 0.25) is 5.02 Å². The molecule has 112 valence electrons. The summed E-state index contributed by atoms with van der Waals surface area (Å²) in [7, 11) is 0. The largest absolute Gasteiger partial charge is 0.381 e. The van der Waals surface area contributed by atoms with Gasteiger partial charge < -0.3 is 10.1 Å². The monoisotopic (exact) mass is 359 g/mol. The molecule has 0 aliphatic carbocycles. The van der Waals surface area contributed by atoms with E-state index in [0.717, 1.165) is 48.0 Å². The standard InChI is InChI=1S/C16H23BrClNO/c1-2-7-19-16(10-12-5-8-20-9-6-12)14-4-3-13(17)11-15(14)18/h3-4,11-12,16,19H,2,5-10H2,1H3. The highest BCUT2D eigenvalue weighted by Crippen LogP contribution is 2.32. The van der Waals surface area contributed by atoms with Crippen LogP contribution in [-0.4, -0.2) is 19.8 Å². The summed E-state index contributed by atoms with van der Waals surface area (Å²) in [5.41, 5.74) is 1.22. The lowest BCUT2D eigenvalue weighted by Gasteiger charge is -2.28. The van der Waals surface area contributed by atoms with Crippen LogP contribution in [-0.2, 0) is 4.74 Å². The van der Waals surface area contributed by atoms with Gasteiger partial charge in [-0.2, -0.15) is 0 Å². The summed E-state index contributed by atoms with van der Waals surface area (Å²) in [6.45, 7) is 5.03. The van der Waals surface area contributed by atoms with Crippen molar-refractivity contribution in [2.24, 2.45) is 5.92 Å². The first kappa shape index (κ1) is 16.3. The van der Waals surface area contributed by atoms with E-state index in [0.29, 0.717) is 6.04 Å². The fourth-order valence-corrected chi connectivity index (χ4v) is 3.54. The van der Waals surface area contributed by atoms with E-state index in [2.05, 4.69) is 40.3 Å². The summed E-state index contributed by atoms with van der Waals surface area (Å²) in [6, 6.07) is 6.55. The van der Waals surface area contributed by atoms with Gasteiger partial charge in [0.2, 0.25) is 0 Å². The highest BCUT2D eigenvalue weighted by atomic mass is 79.9. The second-order valence-electron chi connectivity index (χ2n) is 5.46. The lowest BCUT2D eigenvalue weighted by molar-refractivity contribution is 0.0605. The molecule has 1 N–H and O–H groups in total. The van der Waals surface area contributed by atoms with Crippen molar-refractivity contribution in [2.75, 3.05) is 19.8 Å². The van der Waals surface area contributed by atoms with Crippen molar-refractivity contribution >= 4 is 27.5 Å². The van der Waals surface area contributed by atoms with Crippen LogP contribution < -0.4 is 5.32 Å². The van der Waals surface area contributed by atoms with Gasteiger partial charge in [0, 0.05) is 28.8 Å². The van der Waals surface area contributed by atoms with Crippen molar-refractivity contribution in [3.63, 3.8) is 0 Å². The first-order valence-corrected chi connectivity index (χ1v) is 8.64. The van der Waals surface area contributed by atoms with E-state index in [-0.39, 0.29) is 0 Å². The highest BCUT2D eigenvalue weighted by molar-refractivity contribution is 9.10. The molecule has 0 amide bonds. The predicted molar refractivity (Wildman–Crippen MR) is 88.3 cm³/mol. The average molecular weight is 361 g/mol. The SMILES string of the molecule is CCCNC(CC1CCOCC1)c1ccc(Br)cc1Cl. The van der Waals surface area contributed by atoms with E-state index >= 15 is 0 Å². The van der Waals surface area contributed by atoms with Gasteiger partial charge in [-0.1, -0.05) is 40.5 Å². The summed E-state index contributed by atoms with van der Waals surface area (Å²) in [4.78, 5) is 0. The topological polar surface area (TPSA) is 21.3 Å². The Labute approximate surface area is 135 Å². The van der Waals surface area contributed by atoms with Crippen LogP contribution in [0.15, 0.2) is 22.7 Å². The maximum Gasteiger partial charge on any atom is 0.0468 e. The van der Waals surface area contributed by atoms with Gasteiger partial charge in [-0.3, -0.25) is 0 Å². The van der Waals surface area contributed by atoms with Gasteiger partial charge in [0.1, 0.15) is 0 Å². The van der Waals surface area contributed by atoms with Crippen molar-refractivity contribution in [3.8, 4) is 0 Å². The minimum Gasteiger partial charge on any atom is -0.381 e. The van der Waals surface area contributed by atoms with E-state index in [9.17, 15) is 0 Å². The smallest absolute Gasteiger partial charge is 0.0468 e. The van der Waals surface area contributed by atoms with Crippen molar-refractivity contribution in [3.05, 3.63) is 33.3 Å². The third kappa shape index (κ3) is 4.73. The van der Waals surface area contributed by atoms with Gasteiger partial charge in [-0.05, 0) is 55.8 Å². The molecule has 1 aromatic rings. The lowest BCUT2D eigenvalue weighted by atomic mass is 9.89. The zero-order valence-electron chi connectivity index (χ0n) is 12.0. The number of nitrogens with one attached hydrogen (secondary N) is 1. The van der Waals surface area contributed by atoms with Crippen molar-refractivity contribution in [2.45, 2.75) is 38.6 Å². The van der Waals surface area contributed by atoms with Crippen LogP contribution in [0.3, 0.4) is 0 Å². The highest BCUT2D eigenvalue weighted by Gasteiger charge is 2.21. The Morgan fingerprint density at radius 3 is 2.80 bits per heavy atom. The zero-order chi connectivity index (χ0) is 14.4. The third-order valence-corrected chi connectivity index (χ3v) is 4.71. The molecular formula is C16H23BrClNO. The molecule has 1 unspecified atom stereocenters. The van der Waals surface area contributed by atoms with Crippen molar-refractivity contribution in [1.82, 2.24) is 5.32 Å². The van der Waals surface area contributed by atoms with E-state index < -0.39 is 0 Å². The minimum absolute atomic E-state index is 0.346. The Balaban J connectivity index is 2.08. The molecule has 1 aromatic carbocycles. The molecule has 1 heterocycles. The molecule has 1 aliphatic rings. The third-order valence-electron chi connectivity index (χ3n) is 3.89. The molecule has 2 nitrogen and oxygen atoms in total. The Morgan fingerprint density at radius 2 is 2.15 bits per heavy atom. The van der Waals surface area contributed by atoms with Crippen LogP contribution in [0.4, 0.5) is 0 Å². The molecule has 20 heavy (non-hydrogen) atoms. The van der Waals surface area contributed by atoms with Crippen molar-refractivity contribution in [1.29, 1.82) is 0 Å². The molecule has 1 fully saturated rings. The van der Waals surface area contributed by atoms with E-state index in [1.165, 1.54) is 18.4 Å². The van der Waals surface area contributed by atoms with E-state index in [4.69, 9.17) is 16.3 Å². The maximum absolute atomic E-state index is 6.43. The fourth-order valence-electron chi connectivity index (χ4n) is 2.74. The van der Waals surface area contributed by atoms with Gasteiger partial charge in [0.25, 0.3) is 0 Å². The van der Waals surface area contributed by atoms with Gasteiger partial charge in [-0.15, -0.1) is 0 Å². The van der Waals surface area contributed by atoms with Gasteiger partial charge >= 0.3 is 0 Å². The molecule has 4 heteroatoms. The summed E-state index contributed by atoms with van der Waals surface area (Å²) in [5.74, 6) is 0.734.